The van der Waals surface area contributed by atoms with E-state index >= 15 is 0 Å². The zero-order valence-electron chi connectivity index (χ0n) is 11.9. The van der Waals surface area contributed by atoms with Crippen LogP contribution in [0, 0.1) is 0 Å². The summed E-state index contributed by atoms with van der Waals surface area (Å²) >= 11 is 9.12. The van der Waals surface area contributed by atoms with Gasteiger partial charge in [0.2, 0.25) is 0 Å². The lowest BCUT2D eigenvalue weighted by molar-refractivity contribution is -0.120. The second-order valence-corrected chi connectivity index (χ2v) is 5.89. The fourth-order valence-corrected chi connectivity index (χ4v) is 2.30. The molecule has 0 unspecified atom stereocenters. The number of benzene rings is 2. The Morgan fingerprint density at radius 2 is 1.96 bits per heavy atom. The van der Waals surface area contributed by atoms with E-state index in [4.69, 9.17) is 11.6 Å². The summed E-state index contributed by atoms with van der Waals surface area (Å²) in [5.41, 5.74) is 3.56. The molecule has 118 valence electrons. The first-order valence-electron chi connectivity index (χ1n) is 6.66. The topological polar surface area (TPSA) is 70.6 Å². The van der Waals surface area contributed by atoms with Gasteiger partial charge in [0.15, 0.2) is 0 Å². The van der Waals surface area contributed by atoms with E-state index in [1.807, 2.05) is 6.07 Å². The second kappa shape index (κ2) is 8.45. The quantitative estimate of drug-likeness (QED) is 0.604. The zero-order valence-corrected chi connectivity index (χ0v) is 14.3. The van der Waals surface area contributed by atoms with Crippen LogP contribution >= 0.6 is 27.5 Å². The number of carbonyl (C=O) groups is 2. The molecule has 2 rings (SSSR count). The van der Waals surface area contributed by atoms with Crippen molar-refractivity contribution < 1.29 is 9.59 Å². The first-order chi connectivity index (χ1) is 11.0. The van der Waals surface area contributed by atoms with E-state index in [1.54, 1.807) is 42.5 Å². The molecule has 0 aliphatic carbocycles. The van der Waals surface area contributed by atoms with Gasteiger partial charge in [0.05, 0.1) is 12.8 Å². The predicted octanol–water partition coefficient (Wildman–Crippen LogP) is 2.98. The van der Waals surface area contributed by atoms with E-state index in [2.05, 4.69) is 31.8 Å². The van der Waals surface area contributed by atoms with Crippen LogP contribution in [0.4, 0.5) is 0 Å². The van der Waals surface area contributed by atoms with Gasteiger partial charge in [-0.15, -0.1) is 0 Å². The van der Waals surface area contributed by atoms with Crippen molar-refractivity contribution in [3.05, 3.63) is 69.2 Å². The van der Waals surface area contributed by atoms with Crippen LogP contribution in [0.1, 0.15) is 15.9 Å². The number of nitrogens with zero attached hydrogens (tertiary/aromatic N) is 1. The molecule has 0 aromatic heterocycles. The Morgan fingerprint density at radius 1 is 1.17 bits per heavy atom. The Labute approximate surface area is 146 Å². The van der Waals surface area contributed by atoms with Crippen LogP contribution < -0.4 is 10.7 Å². The Kier molecular flexibility index (Phi) is 6.31. The number of carbonyl (C=O) groups excluding carboxylic acids is 2. The van der Waals surface area contributed by atoms with E-state index < -0.39 is 5.91 Å². The highest BCUT2D eigenvalue weighted by molar-refractivity contribution is 9.10. The van der Waals surface area contributed by atoms with E-state index in [1.165, 1.54) is 6.21 Å². The molecule has 2 N–H and O–H groups in total. The van der Waals surface area contributed by atoms with Crippen LogP contribution in [-0.2, 0) is 4.79 Å². The Morgan fingerprint density at radius 3 is 2.70 bits per heavy atom. The van der Waals surface area contributed by atoms with Gasteiger partial charge in [-0.2, -0.15) is 5.10 Å². The van der Waals surface area contributed by atoms with Crippen molar-refractivity contribution >= 4 is 45.6 Å². The fourth-order valence-electron chi connectivity index (χ4n) is 1.70. The second-order valence-electron chi connectivity index (χ2n) is 4.54. The maximum atomic E-state index is 11.9. The van der Waals surface area contributed by atoms with Crippen molar-refractivity contribution in [3.8, 4) is 0 Å². The predicted molar refractivity (Wildman–Crippen MR) is 93.7 cm³/mol. The largest absolute Gasteiger partial charge is 0.343 e. The van der Waals surface area contributed by atoms with Crippen LogP contribution in [0.2, 0.25) is 5.02 Å². The number of halogens is 2. The lowest BCUT2D eigenvalue weighted by atomic mass is 10.2. The van der Waals surface area contributed by atoms with E-state index in [0.29, 0.717) is 10.6 Å². The van der Waals surface area contributed by atoms with E-state index in [0.717, 1.165) is 10.0 Å². The van der Waals surface area contributed by atoms with Crippen molar-refractivity contribution in [2.75, 3.05) is 6.54 Å². The van der Waals surface area contributed by atoms with Crippen molar-refractivity contribution in [1.82, 2.24) is 10.7 Å². The number of amides is 2. The first kappa shape index (κ1) is 17.2. The van der Waals surface area contributed by atoms with Gasteiger partial charge < -0.3 is 5.32 Å². The van der Waals surface area contributed by atoms with Crippen molar-refractivity contribution in [1.29, 1.82) is 0 Å². The molecule has 0 radical (unpaired) electrons. The van der Waals surface area contributed by atoms with Crippen molar-refractivity contribution in [2.24, 2.45) is 5.10 Å². The highest BCUT2D eigenvalue weighted by Gasteiger charge is 2.07. The maximum Gasteiger partial charge on any atom is 0.259 e. The molecule has 0 aliphatic heterocycles. The lowest BCUT2D eigenvalue weighted by Crippen LogP contribution is -2.34. The van der Waals surface area contributed by atoms with Crippen LogP contribution in [0.25, 0.3) is 0 Å². The highest BCUT2D eigenvalue weighted by atomic mass is 79.9. The normalized spacial score (nSPS) is 10.5. The zero-order chi connectivity index (χ0) is 16.7. The molecule has 23 heavy (non-hydrogen) atoms. The average Bonchev–Trinajstić information content (AvgIpc) is 2.52. The summed E-state index contributed by atoms with van der Waals surface area (Å²) < 4.78 is 0.792. The standard InChI is InChI=1S/C16H13BrClN3O2/c17-13-5-2-4-12(8-13)16(23)19-10-15(22)21-20-9-11-3-1-6-14(18)7-11/h1-9H,10H2,(H,19,23)(H,21,22). The molecular weight excluding hydrogens is 382 g/mol. The van der Waals surface area contributed by atoms with Gasteiger partial charge >= 0.3 is 0 Å². The molecule has 0 fully saturated rings. The van der Waals surface area contributed by atoms with Gasteiger partial charge in [-0.3, -0.25) is 9.59 Å². The maximum absolute atomic E-state index is 11.9. The number of hydrazone groups is 1. The lowest BCUT2D eigenvalue weighted by Gasteiger charge is -2.04. The number of hydrogen-bond donors (Lipinski definition) is 2. The van der Waals surface area contributed by atoms with Crippen LogP contribution in [0.5, 0.6) is 0 Å². The smallest absolute Gasteiger partial charge is 0.259 e. The van der Waals surface area contributed by atoms with Gasteiger partial charge in [-0.1, -0.05) is 45.7 Å². The van der Waals surface area contributed by atoms with Gasteiger partial charge in [0, 0.05) is 15.1 Å². The number of nitrogens with one attached hydrogen (secondary N) is 2. The van der Waals surface area contributed by atoms with Crippen molar-refractivity contribution in [2.45, 2.75) is 0 Å². The Hall–Kier alpha value is -2.18. The molecule has 7 heteroatoms. The molecule has 0 aliphatic rings. The molecule has 0 spiro atoms. The summed E-state index contributed by atoms with van der Waals surface area (Å²) in [5, 5.41) is 6.91. The minimum Gasteiger partial charge on any atom is -0.343 e. The molecule has 0 heterocycles. The molecule has 0 saturated carbocycles. The summed E-state index contributed by atoms with van der Waals surface area (Å²) in [6.45, 7) is -0.168. The van der Waals surface area contributed by atoms with Gasteiger partial charge in [0.25, 0.3) is 11.8 Å². The SMILES string of the molecule is O=C(CNC(=O)c1cccc(Br)c1)NN=Cc1cccc(Cl)c1. The minimum absolute atomic E-state index is 0.168. The summed E-state index contributed by atoms with van der Waals surface area (Å²) in [6.07, 6.45) is 1.47. The average molecular weight is 395 g/mol. The summed E-state index contributed by atoms with van der Waals surface area (Å²) in [4.78, 5) is 23.5. The molecule has 0 atom stereocenters. The number of hydrogen-bond acceptors (Lipinski definition) is 3. The van der Waals surface area contributed by atoms with Crippen LogP contribution in [-0.4, -0.2) is 24.6 Å². The van der Waals surface area contributed by atoms with E-state index in [9.17, 15) is 9.59 Å². The molecule has 2 aromatic rings. The summed E-state index contributed by atoms with van der Waals surface area (Å²) in [7, 11) is 0. The molecule has 2 amide bonds. The van der Waals surface area contributed by atoms with Crippen LogP contribution in [0.15, 0.2) is 58.1 Å². The third-order valence-electron chi connectivity index (χ3n) is 2.75. The molecule has 0 bridgehead atoms. The number of rotatable bonds is 5. The molecular formula is C16H13BrClN3O2. The minimum atomic E-state index is -0.424. The van der Waals surface area contributed by atoms with Gasteiger partial charge in [-0.05, 0) is 35.9 Å². The van der Waals surface area contributed by atoms with Gasteiger partial charge in [0.1, 0.15) is 0 Å². The summed E-state index contributed by atoms with van der Waals surface area (Å²) in [5.74, 6) is -0.758. The Bertz CT molecular complexity index is 750. The molecule has 2 aromatic carbocycles. The first-order valence-corrected chi connectivity index (χ1v) is 7.83. The summed E-state index contributed by atoms with van der Waals surface area (Å²) in [6, 6.07) is 13.9. The van der Waals surface area contributed by atoms with Crippen LogP contribution in [0.3, 0.4) is 0 Å². The third-order valence-corrected chi connectivity index (χ3v) is 3.48. The Balaban J connectivity index is 1.80. The van der Waals surface area contributed by atoms with Gasteiger partial charge in [-0.25, -0.2) is 5.43 Å². The molecule has 5 nitrogen and oxygen atoms in total. The van der Waals surface area contributed by atoms with Crippen molar-refractivity contribution in [3.63, 3.8) is 0 Å². The monoisotopic (exact) mass is 393 g/mol. The molecule has 0 saturated heterocycles. The van der Waals surface area contributed by atoms with E-state index in [-0.39, 0.29) is 12.5 Å². The highest BCUT2D eigenvalue weighted by Crippen LogP contribution is 2.11. The third kappa shape index (κ3) is 5.84. The fraction of sp³-hybridized carbons (Fsp3) is 0.0625.